The molecule has 0 fully saturated rings. The highest BCUT2D eigenvalue weighted by molar-refractivity contribution is 6.43. The van der Waals surface area contributed by atoms with E-state index in [4.69, 9.17) is 5.11 Å². The Bertz CT molecular complexity index is 622. The molecule has 104 valence electrons. The predicted octanol–water partition coefficient (Wildman–Crippen LogP) is 0.898. The van der Waals surface area contributed by atoms with Crippen LogP contribution in [0.4, 0.5) is 5.69 Å². The molecule has 1 aromatic carbocycles. The van der Waals surface area contributed by atoms with Gasteiger partial charge in [-0.2, -0.15) is 5.10 Å². The van der Waals surface area contributed by atoms with Gasteiger partial charge in [-0.1, -0.05) is 12.1 Å². The molecule has 0 bridgehead atoms. The molecule has 1 aliphatic rings. The number of amides is 2. The van der Waals surface area contributed by atoms with Crippen LogP contribution in [0.3, 0.4) is 0 Å². The first-order valence-corrected chi connectivity index (χ1v) is 5.98. The van der Waals surface area contributed by atoms with E-state index in [0.717, 1.165) is 0 Å². The summed E-state index contributed by atoms with van der Waals surface area (Å²) in [6.45, 7) is 1.70. The fourth-order valence-electron chi connectivity index (χ4n) is 1.84. The van der Waals surface area contributed by atoms with Crippen LogP contribution in [-0.4, -0.2) is 28.6 Å². The second-order valence-corrected chi connectivity index (χ2v) is 4.35. The summed E-state index contributed by atoms with van der Waals surface area (Å²) < 4.78 is 0. The average molecular weight is 275 g/mol. The molecule has 1 heterocycles. The van der Waals surface area contributed by atoms with E-state index in [9.17, 15) is 14.4 Å². The van der Waals surface area contributed by atoms with Crippen LogP contribution in [-0.2, 0) is 9.59 Å². The van der Waals surface area contributed by atoms with Gasteiger partial charge >= 0.3 is 5.97 Å². The van der Waals surface area contributed by atoms with Crippen LogP contribution in [0.2, 0.25) is 0 Å². The number of nitrogens with one attached hydrogen (secondary N) is 2. The number of benzene rings is 1. The predicted molar refractivity (Wildman–Crippen MR) is 71.6 cm³/mol. The van der Waals surface area contributed by atoms with Gasteiger partial charge in [0.2, 0.25) is 5.91 Å². The van der Waals surface area contributed by atoms with Crippen LogP contribution in [0.5, 0.6) is 0 Å². The van der Waals surface area contributed by atoms with Crippen molar-refractivity contribution in [2.24, 2.45) is 5.10 Å². The molecule has 20 heavy (non-hydrogen) atoms. The zero-order valence-corrected chi connectivity index (χ0v) is 10.8. The van der Waals surface area contributed by atoms with Gasteiger partial charge in [-0.15, -0.1) is 0 Å². The number of carbonyl (C=O) groups excluding carboxylic acids is 2. The summed E-state index contributed by atoms with van der Waals surface area (Å²) in [6, 6.07) is 4.72. The maximum Gasteiger partial charge on any atom is 0.337 e. The fraction of sp³-hybridized carbons (Fsp3) is 0.231. The van der Waals surface area contributed by atoms with Crippen molar-refractivity contribution in [2.45, 2.75) is 19.8 Å². The molecule has 1 aliphatic heterocycles. The van der Waals surface area contributed by atoms with Gasteiger partial charge < -0.3 is 10.4 Å². The summed E-state index contributed by atoms with van der Waals surface area (Å²) in [7, 11) is 0. The number of hydrogen-bond acceptors (Lipinski definition) is 4. The first kappa shape index (κ1) is 13.7. The molecule has 0 unspecified atom stereocenters. The number of hydrazone groups is 1. The lowest BCUT2D eigenvalue weighted by atomic mass is 10.1. The van der Waals surface area contributed by atoms with Crippen LogP contribution in [0.1, 0.15) is 28.8 Å². The van der Waals surface area contributed by atoms with Gasteiger partial charge in [-0.25, -0.2) is 10.2 Å². The molecular weight excluding hydrogens is 262 g/mol. The minimum absolute atomic E-state index is 0.0128. The molecule has 7 heteroatoms. The topological polar surface area (TPSA) is 108 Å². The van der Waals surface area contributed by atoms with Gasteiger partial charge in [-0.05, 0) is 18.6 Å². The standard InChI is InChI=1S/C13H13N3O4/c1-7-3-2-4-8(13(19)20)11(7)14-12(18)9-5-6-10(17)16-15-9/h2-4H,5-6H2,1H3,(H,14,18)(H,16,17)(H,19,20). The molecule has 0 aliphatic carbocycles. The van der Waals surface area contributed by atoms with Gasteiger partial charge in [0, 0.05) is 12.8 Å². The Morgan fingerprint density at radius 3 is 2.70 bits per heavy atom. The Labute approximate surface area is 114 Å². The number of anilines is 1. The SMILES string of the molecule is Cc1cccc(C(=O)O)c1NC(=O)C1=NNC(=O)CC1. The first-order chi connectivity index (χ1) is 9.49. The van der Waals surface area contributed by atoms with Gasteiger partial charge in [0.25, 0.3) is 5.91 Å². The van der Waals surface area contributed by atoms with Crippen molar-refractivity contribution in [3.8, 4) is 0 Å². The van der Waals surface area contributed by atoms with Crippen molar-refractivity contribution in [3.63, 3.8) is 0 Å². The third-order valence-corrected chi connectivity index (χ3v) is 2.91. The number of hydrogen-bond donors (Lipinski definition) is 3. The van der Waals surface area contributed by atoms with Crippen LogP contribution in [0.15, 0.2) is 23.3 Å². The van der Waals surface area contributed by atoms with E-state index < -0.39 is 11.9 Å². The highest BCUT2D eigenvalue weighted by Crippen LogP contribution is 2.21. The van der Waals surface area contributed by atoms with Gasteiger partial charge in [0.05, 0.1) is 11.3 Å². The Kier molecular flexibility index (Phi) is 3.79. The van der Waals surface area contributed by atoms with E-state index in [2.05, 4.69) is 15.8 Å². The number of nitrogens with zero attached hydrogens (tertiary/aromatic N) is 1. The van der Waals surface area contributed by atoms with Crippen LogP contribution >= 0.6 is 0 Å². The van der Waals surface area contributed by atoms with Crippen molar-refractivity contribution in [1.82, 2.24) is 5.43 Å². The number of carboxylic acids is 1. The molecule has 0 saturated carbocycles. The van der Waals surface area contributed by atoms with Gasteiger partial charge in [0.1, 0.15) is 5.71 Å². The summed E-state index contributed by atoms with van der Waals surface area (Å²) in [5.41, 5.74) is 3.28. The van der Waals surface area contributed by atoms with Crippen LogP contribution in [0.25, 0.3) is 0 Å². The normalized spacial score (nSPS) is 14.2. The van der Waals surface area contributed by atoms with E-state index >= 15 is 0 Å². The highest BCUT2D eigenvalue weighted by atomic mass is 16.4. The average Bonchev–Trinajstić information content (AvgIpc) is 2.41. The van der Waals surface area contributed by atoms with Crippen LogP contribution in [0, 0.1) is 6.92 Å². The number of para-hydroxylation sites is 1. The van der Waals surface area contributed by atoms with Gasteiger partial charge in [-0.3, -0.25) is 9.59 Å². The lowest BCUT2D eigenvalue weighted by Crippen LogP contribution is -2.33. The molecule has 0 radical (unpaired) electrons. The number of carboxylic acid groups (broad SMARTS) is 1. The quantitative estimate of drug-likeness (QED) is 0.761. The third kappa shape index (κ3) is 2.82. The number of aryl methyl sites for hydroxylation is 1. The van der Waals surface area contributed by atoms with Crippen molar-refractivity contribution >= 4 is 29.2 Å². The van der Waals surface area contributed by atoms with E-state index in [0.29, 0.717) is 5.56 Å². The maximum atomic E-state index is 12.0. The fourth-order valence-corrected chi connectivity index (χ4v) is 1.84. The Hall–Kier alpha value is -2.70. The lowest BCUT2D eigenvalue weighted by molar-refractivity contribution is -0.121. The van der Waals surface area contributed by atoms with Crippen molar-refractivity contribution in [3.05, 3.63) is 29.3 Å². The summed E-state index contributed by atoms with van der Waals surface area (Å²) in [6.07, 6.45) is 0.414. The highest BCUT2D eigenvalue weighted by Gasteiger charge is 2.21. The molecule has 1 aromatic rings. The Balaban J connectivity index is 2.24. The van der Waals surface area contributed by atoms with Gasteiger partial charge in [0.15, 0.2) is 0 Å². The molecule has 0 saturated heterocycles. The van der Waals surface area contributed by atoms with E-state index in [1.54, 1.807) is 19.1 Å². The molecule has 0 aromatic heterocycles. The number of rotatable bonds is 3. The largest absolute Gasteiger partial charge is 0.478 e. The van der Waals surface area contributed by atoms with E-state index in [1.807, 2.05) is 0 Å². The van der Waals surface area contributed by atoms with Crippen LogP contribution < -0.4 is 10.7 Å². The first-order valence-electron chi connectivity index (χ1n) is 5.98. The smallest absolute Gasteiger partial charge is 0.337 e. The summed E-state index contributed by atoms with van der Waals surface area (Å²) >= 11 is 0. The minimum Gasteiger partial charge on any atom is -0.478 e. The minimum atomic E-state index is -1.12. The Morgan fingerprint density at radius 2 is 2.10 bits per heavy atom. The molecular formula is C13H13N3O4. The Morgan fingerprint density at radius 1 is 1.35 bits per heavy atom. The molecule has 7 nitrogen and oxygen atoms in total. The second kappa shape index (κ2) is 5.52. The van der Waals surface area contributed by atoms with Crippen molar-refractivity contribution in [2.75, 3.05) is 5.32 Å². The maximum absolute atomic E-state index is 12.0. The second-order valence-electron chi connectivity index (χ2n) is 4.35. The molecule has 0 spiro atoms. The molecule has 0 atom stereocenters. The third-order valence-electron chi connectivity index (χ3n) is 2.91. The summed E-state index contributed by atoms with van der Waals surface area (Å²) in [5.74, 6) is -1.88. The monoisotopic (exact) mass is 275 g/mol. The van der Waals surface area contributed by atoms with E-state index in [-0.39, 0.29) is 35.7 Å². The van der Waals surface area contributed by atoms with E-state index in [1.165, 1.54) is 6.07 Å². The summed E-state index contributed by atoms with van der Waals surface area (Å²) in [5, 5.41) is 15.3. The van der Waals surface area contributed by atoms with Crippen molar-refractivity contribution < 1.29 is 19.5 Å². The zero-order valence-electron chi connectivity index (χ0n) is 10.8. The molecule has 2 amide bonds. The molecule has 3 N–H and O–H groups in total. The summed E-state index contributed by atoms with van der Waals surface area (Å²) in [4.78, 5) is 34.1. The number of aromatic carboxylic acids is 1. The van der Waals surface area contributed by atoms with Crippen molar-refractivity contribution in [1.29, 1.82) is 0 Å². The lowest BCUT2D eigenvalue weighted by Gasteiger charge is -2.14. The number of carbonyl (C=O) groups is 3. The molecule has 2 rings (SSSR count). The zero-order chi connectivity index (χ0) is 14.7.